The predicted octanol–water partition coefficient (Wildman–Crippen LogP) is 2.14. The predicted molar refractivity (Wildman–Crippen MR) is 102 cm³/mol. The molecule has 26 heavy (non-hydrogen) atoms. The van der Waals surface area contributed by atoms with Gasteiger partial charge in [-0.25, -0.2) is 0 Å². The lowest BCUT2D eigenvalue weighted by Gasteiger charge is -2.35. The van der Waals surface area contributed by atoms with Crippen LogP contribution in [-0.2, 0) is 4.79 Å². The van der Waals surface area contributed by atoms with Crippen molar-refractivity contribution in [2.75, 3.05) is 19.6 Å². The van der Waals surface area contributed by atoms with Crippen LogP contribution in [0.2, 0.25) is 0 Å². The van der Waals surface area contributed by atoms with Crippen LogP contribution in [0.1, 0.15) is 36.2 Å². The lowest BCUT2D eigenvalue weighted by Crippen LogP contribution is -2.49. The van der Waals surface area contributed by atoms with Gasteiger partial charge in [-0.1, -0.05) is 30.3 Å². The van der Waals surface area contributed by atoms with Gasteiger partial charge in [-0.2, -0.15) is 0 Å². The molecule has 0 bridgehead atoms. The number of nitrogens with one attached hydrogen (secondary N) is 2. The van der Waals surface area contributed by atoms with E-state index in [-0.39, 0.29) is 17.9 Å². The quantitative estimate of drug-likeness (QED) is 0.742. The Morgan fingerprint density at radius 1 is 1.15 bits per heavy atom. The molecule has 1 unspecified atom stereocenters. The molecule has 6 heteroatoms. The smallest absolute Gasteiger partial charge is 0.270 e. The molecule has 2 heterocycles. The minimum absolute atomic E-state index is 0.00930. The number of aromatic amines is 1. The maximum absolute atomic E-state index is 13.0. The number of amides is 2. The zero-order chi connectivity index (χ0) is 18.4. The Balaban J connectivity index is 1.68. The average molecular weight is 354 g/mol. The summed E-state index contributed by atoms with van der Waals surface area (Å²) < 4.78 is 0. The Bertz CT molecular complexity index is 741. The average Bonchev–Trinajstić information content (AvgIpc) is 3.17. The minimum atomic E-state index is -0.0586. The van der Waals surface area contributed by atoms with Gasteiger partial charge in [-0.15, -0.1) is 0 Å². The van der Waals surface area contributed by atoms with Crippen molar-refractivity contribution in [2.24, 2.45) is 5.73 Å². The maximum atomic E-state index is 13.0. The van der Waals surface area contributed by atoms with Crippen molar-refractivity contribution in [1.82, 2.24) is 15.2 Å². The van der Waals surface area contributed by atoms with Gasteiger partial charge in [-0.05, 0) is 37.0 Å². The molecule has 1 aromatic carbocycles. The number of carbonyl (C=O) groups is 2. The van der Waals surface area contributed by atoms with Crippen LogP contribution in [0, 0.1) is 0 Å². The van der Waals surface area contributed by atoms with E-state index in [0.717, 1.165) is 37.1 Å². The first kappa shape index (κ1) is 18.2. The van der Waals surface area contributed by atoms with Crippen LogP contribution < -0.4 is 11.1 Å². The molecule has 1 aliphatic rings. The van der Waals surface area contributed by atoms with Gasteiger partial charge in [0, 0.05) is 37.8 Å². The number of aromatic nitrogens is 1. The fourth-order valence-electron chi connectivity index (χ4n) is 3.39. The summed E-state index contributed by atoms with van der Waals surface area (Å²) in [5, 5.41) is 2.90. The lowest BCUT2D eigenvalue weighted by atomic mass is 10.0. The van der Waals surface area contributed by atoms with Gasteiger partial charge in [0.25, 0.3) is 5.91 Å². The van der Waals surface area contributed by atoms with E-state index in [1.165, 1.54) is 0 Å². The Morgan fingerprint density at radius 2 is 1.96 bits per heavy atom. The molecule has 3 rings (SSSR count). The summed E-state index contributed by atoms with van der Waals surface area (Å²) in [6.07, 6.45) is 3.28. The number of piperidine rings is 1. The van der Waals surface area contributed by atoms with Crippen LogP contribution in [0.15, 0.2) is 42.5 Å². The molecule has 4 N–H and O–H groups in total. The zero-order valence-electron chi connectivity index (χ0n) is 14.9. The van der Waals surface area contributed by atoms with Crippen molar-refractivity contribution in [3.05, 3.63) is 48.2 Å². The Labute approximate surface area is 153 Å². The largest absolute Gasteiger partial charge is 0.354 e. The van der Waals surface area contributed by atoms with E-state index in [0.29, 0.717) is 25.2 Å². The van der Waals surface area contributed by atoms with Crippen molar-refractivity contribution in [3.8, 4) is 11.3 Å². The molecule has 2 aromatic rings. The van der Waals surface area contributed by atoms with Crippen LogP contribution in [0.25, 0.3) is 11.3 Å². The second kappa shape index (κ2) is 8.67. The summed E-state index contributed by atoms with van der Waals surface area (Å²) in [6, 6.07) is 13.7. The van der Waals surface area contributed by atoms with Gasteiger partial charge in [-0.3, -0.25) is 9.59 Å². The van der Waals surface area contributed by atoms with Crippen molar-refractivity contribution in [1.29, 1.82) is 0 Å². The van der Waals surface area contributed by atoms with Gasteiger partial charge in [0.1, 0.15) is 5.69 Å². The van der Waals surface area contributed by atoms with Gasteiger partial charge < -0.3 is 20.9 Å². The number of H-pyrrole nitrogens is 1. The zero-order valence-corrected chi connectivity index (χ0v) is 14.9. The number of nitrogens with two attached hydrogens (primary N) is 1. The van der Waals surface area contributed by atoms with E-state index in [4.69, 9.17) is 5.73 Å². The molecule has 0 spiro atoms. The molecule has 0 aliphatic carbocycles. The van der Waals surface area contributed by atoms with E-state index in [2.05, 4.69) is 10.3 Å². The van der Waals surface area contributed by atoms with E-state index in [1.54, 1.807) is 0 Å². The number of likely N-dealkylation sites (tertiary alicyclic amines) is 1. The lowest BCUT2D eigenvalue weighted by molar-refractivity contribution is -0.121. The molecule has 0 saturated carbocycles. The molecule has 1 aromatic heterocycles. The highest BCUT2D eigenvalue weighted by atomic mass is 16.2. The number of carbonyl (C=O) groups excluding carboxylic acids is 2. The number of benzene rings is 1. The number of hydrogen-bond donors (Lipinski definition) is 3. The molecule has 1 fully saturated rings. The number of hydrogen-bond acceptors (Lipinski definition) is 3. The van der Waals surface area contributed by atoms with E-state index in [9.17, 15) is 9.59 Å². The molecular weight excluding hydrogens is 328 g/mol. The standard InChI is InChI=1S/C20H26N4O2/c21-12-11-19(25)22-14-16-8-4-5-13-24(16)20(26)18-10-9-17(23-18)15-6-2-1-3-7-15/h1-3,6-7,9-10,16,23H,4-5,8,11-14,21H2,(H,22,25). The fourth-order valence-corrected chi connectivity index (χ4v) is 3.39. The van der Waals surface area contributed by atoms with Crippen molar-refractivity contribution in [3.63, 3.8) is 0 Å². The van der Waals surface area contributed by atoms with Crippen LogP contribution in [0.3, 0.4) is 0 Å². The molecule has 6 nitrogen and oxygen atoms in total. The Hall–Kier alpha value is -2.60. The maximum Gasteiger partial charge on any atom is 0.270 e. The third-order valence-corrected chi connectivity index (χ3v) is 4.80. The fraction of sp³-hybridized carbons (Fsp3) is 0.400. The minimum Gasteiger partial charge on any atom is -0.354 e. The van der Waals surface area contributed by atoms with Gasteiger partial charge in [0.15, 0.2) is 0 Å². The summed E-state index contributed by atoms with van der Waals surface area (Å²) in [7, 11) is 0. The third-order valence-electron chi connectivity index (χ3n) is 4.80. The van der Waals surface area contributed by atoms with E-state index < -0.39 is 0 Å². The molecule has 2 amide bonds. The Morgan fingerprint density at radius 3 is 2.73 bits per heavy atom. The van der Waals surface area contributed by atoms with Gasteiger partial charge in [0.2, 0.25) is 5.91 Å². The van der Waals surface area contributed by atoms with Crippen LogP contribution in [0.4, 0.5) is 0 Å². The van der Waals surface area contributed by atoms with E-state index in [1.807, 2.05) is 47.4 Å². The highest BCUT2D eigenvalue weighted by Gasteiger charge is 2.28. The van der Waals surface area contributed by atoms with E-state index >= 15 is 0 Å². The first-order valence-corrected chi connectivity index (χ1v) is 9.21. The van der Waals surface area contributed by atoms with Crippen LogP contribution in [0.5, 0.6) is 0 Å². The summed E-state index contributed by atoms with van der Waals surface area (Å²) in [4.78, 5) is 29.8. The first-order chi connectivity index (χ1) is 12.7. The molecular formula is C20H26N4O2. The van der Waals surface area contributed by atoms with Crippen LogP contribution >= 0.6 is 0 Å². The summed E-state index contributed by atoms with van der Waals surface area (Å²) >= 11 is 0. The molecule has 0 radical (unpaired) electrons. The van der Waals surface area contributed by atoms with Crippen molar-refractivity contribution in [2.45, 2.75) is 31.7 Å². The first-order valence-electron chi connectivity index (χ1n) is 9.21. The van der Waals surface area contributed by atoms with Crippen LogP contribution in [-0.4, -0.2) is 47.4 Å². The highest BCUT2D eigenvalue weighted by Crippen LogP contribution is 2.22. The van der Waals surface area contributed by atoms with Crippen molar-refractivity contribution < 1.29 is 9.59 Å². The third kappa shape index (κ3) is 4.32. The molecule has 1 aliphatic heterocycles. The molecule has 1 atom stereocenters. The number of rotatable bonds is 6. The van der Waals surface area contributed by atoms with Crippen molar-refractivity contribution >= 4 is 11.8 Å². The summed E-state index contributed by atoms with van der Waals surface area (Å²) in [5.74, 6) is -0.0679. The Kier molecular flexibility index (Phi) is 6.07. The summed E-state index contributed by atoms with van der Waals surface area (Å²) in [6.45, 7) is 1.54. The second-order valence-electron chi connectivity index (χ2n) is 6.64. The normalized spacial score (nSPS) is 17.1. The van der Waals surface area contributed by atoms with Gasteiger partial charge in [0.05, 0.1) is 0 Å². The topological polar surface area (TPSA) is 91.2 Å². The second-order valence-corrected chi connectivity index (χ2v) is 6.64. The monoisotopic (exact) mass is 354 g/mol. The van der Waals surface area contributed by atoms with Gasteiger partial charge >= 0.3 is 0 Å². The highest BCUT2D eigenvalue weighted by molar-refractivity contribution is 5.93. The number of nitrogens with zero attached hydrogens (tertiary/aromatic N) is 1. The molecule has 1 saturated heterocycles. The summed E-state index contributed by atoms with van der Waals surface area (Å²) in [5.41, 5.74) is 7.98. The SMILES string of the molecule is NCCC(=O)NCC1CCCCN1C(=O)c1ccc(-c2ccccc2)[nH]1. The molecule has 138 valence electrons.